The van der Waals surface area contributed by atoms with E-state index in [1.807, 2.05) is 13.8 Å². The minimum atomic E-state index is -0.822. The summed E-state index contributed by atoms with van der Waals surface area (Å²) in [4.78, 5) is 8.63. The van der Waals surface area contributed by atoms with Crippen molar-refractivity contribution in [3.8, 4) is 0 Å². The summed E-state index contributed by atoms with van der Waals surface area (Å²) in [6.45, 7) is 7.51. The predicted molar refractivity (Wildman–Crippen MR) is 77.6 cm³/mol. The average Bonchev–Trinajstić information content (AvgIpc) is 2.35. The van der Waals surface area contributed by atoms with Crippen molar-refractivity contribution in [3.63, 3.8) is 0 Å². The molecule has 102 valence electrons. The van der Waals surface area contributed by atoms with Crippen LogP contribution in [0.25, 0.3) is 0 Å². The van der Waals surface area contributed by atoms with Gasteiger partial charge in [0.25, 0.3) is 0 Å². The summed E-state index contributed by atoms with van der Waals surface area (Å²) >= 11 is 0. The van der Waals surface area contributed by atoms with E-state index < -0.39 is 10.8 Å². The van der Waals surface area contributed by atoms with Crippen LogP contribution in [0.5, 0.6) is 0 Å². The standard InChI is InChI=1S/C12H22N4OS/c1-5-6-13-12-15-7-9(2)11(16-12)14-8-10(3)18(4)17/h7,10H,5-6,8H2,1-4H3,(H2,13,14,15,16). The normalized spacial score (nSPS) is 14.0. The van der Waals surface area contributed by atoms with Gasteiger partial charge in [0.2, 0.25) is 5.95 Å². The molecule has 1 aromatic heterocycles. The van der Waals surface area contributed by atoms with Crippen molar-refractivity contribution in [2.45, 2.75) is 32.4 Å². The van der Waals surface area contributed by atoms with Gasteiger partial charge in [0, 0.05) is 47.2 Å². The first-order valence-electron chi connectivity index (χ1n) is 6.18. The Labute approximate surface area is 111 Å². The van der Waals surface area contributed by atoms with Crippen LogP contribution in [0.15, 0.2) is 6.20 Å². The maximum atomic E-state index is 11.3. The van der Waals surface area contributed by atoms with Gasteiger partial charge in [0.15, 0.2) is 0 Å². The third kappa shape index (κ3) is 4.60. The van der Waals surface area contributed by atoms with E-state index in [9.17, 15) is 4.21 Å². The molecule has 0 amide bonds. The Morgan fingerprint density at radius 1 is 1.44 bits per heavy atom. The molecule has 1 rings (SSSR count). The number of nitrogens with zero attached hydrogens (tertiary/aromatic N) is 2. The van der Waals surface area contributed by atoms with Crippen LogP contribution in [0.4, 0.5) is 11.8 Å². The summed E-state index contributed by atoms with van der Waals surface area (Å²) in [6, 6.07) is 0. The summed E-state index contributed by atoms with van der Waals surface area (Å²) in [6.07, 6.45) is 4.54. The lowest BCUT2D eigenvalue weighted by Crippen LogP contribution is -2.21. The smallest absolute Gasteiger partial charge is 0.224 e. The highest BCUT2D eigenvalue weighted by molar-refractivity contribution is 7.84. The number of aryl methyl sites for hydroxylation is 1. The van der Waals surface area contributed by atoms with Gasteiger partial charge >= 0.3 is 0 Å². The van der Waals surface area contributed by atoms with Crippen LogP contribution in [0.1, 0.15) is 25.8 Å². The summed E-state index contributed by atoms with van der Waals surface area (Å²) in [5.74, 6) is 1.44. The first-order chi connectivity index (χ1) is 8.54. The Kier molecular flexibility index (Phi) is 6.04. The predicted octanol–water partition coefficient (Wildman–Crippen LogP) is 1.79. The summed E-state index contributed by atoms with van der Waals surface area (Å²) in [5.41, 5.74) is 0.992. The maximum absolute atomic E-state index is 11.3. The van der Waals surface area contributed by atoms with E-state index in [0.717, 1.165) is 24.3 Å². The van der Waals surface area contributed by atoms with Crippen LogP contribution in [0.3, 0.4) is 0 Å². The second kappa shape index (κ2) is 7.31. The molecule has 0 radical (unpaired) electrons. The van der Waals surface area contributed by atoms with Gasteiger partial charge in [0.05, 0.1) is 0 Å². The van der Waals surface area contributed by atoms with Crippen molar-refractivity contribution in [2.24, 2.45) is 0 Å². The van der Waals surface area contributed by atoms with Crippen molar-refractivity contribution in [1.82, 2.24) is 9.97 Å². The summed E-state index contributed by atoms with van der Waals surface area (Å²) in [5, 5.41) is 6.48. The van der Waals surface area contributed by atoms with Gasteiger partial charge in [-0.1, -0.05) is 6.92 Å². The molecule has 0 fully saturated rings. The summed E-state index contributed by atoms with van der Waals surface area (Å²) in [7, 11) is -0.822. The Bertz CT molecular complexity index is 411. The fraction of sp³-hybridized carbons (Fsp3) is 0.667. The molecule has 2 unspecified atom stereocenters. The lowest BCUT2D eigenvalue weighted by atomic mass is 10.3. The molecule has 0 bridgehead atoms. The molecule has 18 heavy (non-hydrogen) atoms. The molecule has 5 nitrogen and oxygen atoms in total. The van der Waals surface area contributed by atoms with Crippen LogP contribution >= 0.6 is 0 Å². The van der Waals surface area contributed by atoms with Crippen molar-refractivity contribution in [2.75, 3.05) is 30.0 Å². The molecule has 0 aliphatic rings. The van der Waals surface area contributed by atoms with Gasteiger partial charge in [0.1, 0.15) is 5.82 Å². The fourth-order valence-corrected chi connectivity index (χ4v) is 1.62. The van der Waals surface area contributed by atoms with E-state index in [2.05, 4.69) is 27.5 Å². The minimum Gasteiger partial charge on any atom is -0.368 e. The Morgan fingerprint density at radius 3 is 2.78 bits per heavy atom. The quantitative estimate of drug-likeness (QED) is 0.790. The molecule has 1 aromatic rings. The number of anilines is 2. The second-order valence-corrected chi connectivity index (χ2v) is 6.14. The zero-order valence-corrected chi connectivity index (χ0v) is 12.3. The minimum absolute atomic E-state index is 0.103. The van der Waals surface area contributed by atoms with E-state index in [1.54, 1.807) is 12.5 Å². The first-order valence-corrected chi connectivity index (χ1v) is 7.80. The van der Waals surface area contributed by atoms with E-state index in [1.165, 1.54) is 0 Å². The molecule has 0 spiro atoms. The maximum Gasteiger partial charge on any atom is 0.224 e. The van der Waals surface area contributed by atoms with Crippen molar-refractivity contribution >= 4 is 22.6 Å². The molecule has 0 aromatic carbocycles. The third-order valence-corrected chi connectivity index (χ3v) is 3.93. The first kappa shape index (κ1) is 14.9. The van der Waals surface area contributed by atoms with E-state index in [-0.39, 0.29) is 5.25 Å². The molecule has 6 heteroatoms. The van der Waals surface area contributed by atoms with Gasteiger partial charge in [-0.2, -0.15) is 4.98 Å². The van der Waals surface area contributed by atoms with Crippen LogP contribution in [-0.4, -0.2) is 38.8 Å². The average molecular weight is 270 g/mol. The zero-order chi connectivity index (χ0) is 13.5. The molecule has 2 N–H and O–H groups in total. The molecule has 0 aliphatic carbocycles. The van der Waals surface area contributed by atoms with E-state index >= 15 is 0 Å². The van der Waals surface area contributed by atoms with Crippen LogP contribution in [-0.2, 0) is 10.8 Å². The lowest BCUT2D eigenvalue weighted by Gasteiger charge is -2.13. The Balaban J connectivity index is 2.66. The number of hydrogen-bond acceptors (Lipinski definition) is 5. The number of hydrogen-bond donors (Lipinski definition) is 2. The highest BCUT2D eigenvalue weighted by atomic mass is 32.2. The zero-order valence-electron chi connectivity index (χ0n) is 11.5. The summed E-state index contributed by atoms with van der Waals surface area (Å²) < 4.78 is 11.3. The Morgan fingerprint density at radius 2 is 2.17 bits per heavy atom. The number of nitrogens with one attached hydrogen (secondary N) is 2. The molecular formula is C12H22N4OS. The molecule has 2 atom stereocenters. The molecule has 0 saturated carbocycles. The SMILES string of the molecule is CCCNc1ncc(C)c(NCC(C)S(C)=O)n1. The molecule has 0 aliphatic heterocycles. The van der Waals surface area contributed by atoms with Gasteiger partial charge in [-0.15, -0.1) is 0 Å². The highest BCUT2D eigenvalue weighted by Gasteiger charge is 2.08. The van der Waals surface area contributed by atoms with Crippen LogP contribution in [0.2, 0.25) is 0 Å². The van der Waals surface area contributed by atoms with E-state index in [0.29, 0.717) is 12.5 Å². The largest absolute Gasteiger partial charge is 0.368 e. The molecule has 0 saturated heterocycles. The van der Waals surface area contributed by atoms with Gasteiger partial charge in [-0.05, 0) is 20.3 Å². The van der Waals surface area contributed by atoms with Crippen molar-refractivity contribution in [3.05, 3.63) is 11.8 Å². The Hall–Kier alpha value is -1.17. The lowest BCUT2D eigenvalue weighted by molar-refractivity contribution is 0.678. The molecule has 1 heterocycles. The number of aromatic nitrogens is 2. The fourth-order valence-electron chi connectivity index (χ4n) is 1.30. The highest BCUT2D eigenvalue weighted by Crippen LogP contribution is 2.12. The van der Waals surface area contributed by atoms with Gasteiger partial charge in [-0.25, -0.2) is 4.98 Å². The van der Waals surface area contributed by atoms with E-state index in [4.69, 9.17) is 0 Å². The van der Waals surface area contributed by atoms with Crippen molar-refractivity contribution < 1.29 is 4.21 Å². The van der Waals surface area contributed by atoms with Gasteiger partial charge < -0.3 is 10.6 Å². The van der Waals surface area contributed by atoms with Crippen LogP contribution < -0.4 is 10.6 Å². The van der Waals surface area contributed by atoms with Crippen LogP contribution in [0, 0.1) is 6.92 Å². The molecular weight excluding hydrogens is 248 g/mol. The van der Waals surface area contributed by atoms with Gasteiger partial charge in [-0.3, -0.25) is 4.21 Å². The van der Waals surface area contributed by atoms with Crippen molar-refractivity contribution in [1.29, 1.82) is 0 Å². The number of rotatable bonds is 7. The third-order valence-electron chi connectivity index (χ3n) is 2.63. The monoisotopic (exact) mass is 270 g/mol. The second-order valence-electron chi connectivity index (χ2n) is 4.34. The topological polar surface area (TPSA) is 66.9 Å².